The summed E-state index contributed by atoms with van der Waals surface area (Å²) in [7, 11) is 0. The molecule has 394 valence electrons. The zero-order chi connectivity index (χ0) is 48.6. The number of unbranched alkanes of at least 4 members (excludes halogenated alkanes) is 38. The van der Waals surface area contributed by atoms with Gasteiger partial charge in [0.15, 0.2) is 0 Å². The average molecular weight is 943 g/mol. The van der Waals surface area contributed by atoms with Crippen LogP contribution >= 0.6 is 0 Å². The summed E-state index contributed by atoms with van der Waals surface area (Å²) in [6.07, 6.45) is 69.9. The number of allylic oxidation sites excluding steroid dienone is 6. The van der Waals surface area contributed by atoms with Crippen molar-refractivity contribution in [2.45, 2.75) is 328 Å². The first kappa shape index (κ1) is 65.1. The Balaban J connectivity index is 3.46. The van der Waals surface area contributed by atoms with Gasteiger partial charge in [0.05, 0.1) is 25.4 Å². The number of amides is 1. The van der Waals surface area contributed by atoms with Gasteiger partial charge in [0.1, 0.15) is 0 Å². The smallest absolute Gasteiger partial charge is 0.305 e. The maximum atomic E-state index is 12.5. The molecule has 0 rings (SSSR count). The lowest BCUT2D eigenvalue weighted by molar-refractivity contribution is -0.143. The molecule has 0 saturated carbocycles. The molecule has 0 aromatic carbocycles. The SMILES string of the molecule is CCCCCC/C=C\C/C=C\CCCCCCCC(=O)OCCCCCCCCCCC/C=C\CCCCCCCC(=O)NC(CO)C(O)CCCCCCCCCCCCCCCCCC. The number of carbonyl (C=O) groups is 2. The zero-order valence-corrected chi connectivity index (χ0v) is 44.9. The van der Waals surface area contributed by atoms with Crippen molar-refractivity contribution in [2.24, 2.45) is 0 Å². The molecule has 3 N–H and O–H groups in total. The van der Waals surface area contributed by atoms with Gasteiger partial charge in [0.25, 0.3) is 0 Å². The van der Waals surface area contributed by atoms with Gasteiger partial charge in [0.2, 0.25) is 5.91 Å². The lowest BCUT2D eigenvalue weighted by Crippen LogP contribution is -2.45. The van der Waals surface area contributed by atoms with Crippen LogP contribution in [-0.4, -0.2) is 47.4 Å². The molecule has 0 aromatic rings. The van der Waals surface area contributed by atoms with Gasteiger partial charge in [-0.25, -0.2) is 0 Å². The van der Waals surface area contributed by atoms with E-state index in [4.69, 9.17) is 4.74 Å². The minimum atomic E-state index is -0.674. The lowest BCUT2D eigenvalue weighted by Gasteiger charge is -2.22. The quantitative estimate of drug-likeness (QED) is 0.0321. The molecule has 2 unspecified atom stereocenters. The summed E-state index contributed by atoms with van der Waals surface area (Å²) in [4.78, 5) is 24.5. The number of ether oxygens (including phenoxy) is 1. The summed E-state index contributed by atoms with van der Waals surface area (Å²) < 4.78 is 5.47. The summed E-state index contributed by atoms with van der Waals surface area (Å²) in [6, 6.07) is -0.552. The molecule has 0 bridgehead atoms. The van der Waals surface area contributed by atoms with Crippen molar-refractivity contribution < 1.29 is 24.5 Å². The Hall–Kier alpha value is -1.92. The van der Waals surface area contributed by atoms with E-state index in [9.17, 15) is 19.8 Å². The van der Waals surface area contributed by atoms with Crippen molar-refractivity contribution in [3.05, 3.63) is 36.5 Å². The molecule has 0 aliphatic rings. The number of nitrogens with one attached hydrogen (secondary N) is 1. The number of esters is 1. The van der Waals surface area contributed by atoms with Crippen molar-refractivity contribution in [2.75, 3.05) is 13.2 Å². The number of carbonyl (C=O) groups excluding carboxylic acids is 2. The number of aliphatic hydroxyl groups is 2. The highest BCUT2D eigenvalue weighted by Crippen LogP contribution is 2.17. The van der Waals surface area contributed by atoms with Crippen molar-refractivity contribution in [1.29, 1.82) is 0 Å². The number of hydrogen-bond acceptors (Lipinski definition) is 5. The van der Waals surface area contributed by atoms with Crippen LogP contribution in [0.4, 0.5) is 0 Å². The summed E-state index contributed by atoms with van der Waals surface area (Å²) in [5.74, 6) is -0.0589. The number of aliphatic hydroxyl groups excluding tert-OH is 2. The van der Waals surface area contributed by atoms with E-state index in [0.29, 0.717) is 25.9 Å². The minimum Gasteiger partial charge on any atom is -0.466 e. The Morgan fingerprint density at radius 2 is 0.746 bits per heavy atom. The van der Waals surface area contributed by atoms with E-state index in [0.717, 1.165) is 70.6 Å². The standard InChI is InChI=1S/C61H115NO5/c1-3-5-7-9-11-13-15-17-19-25-29-33-37-41-45-49-53-59(64)58(57-63)62-60(65)54-50-46-42-38-34-30-26-23-21-22-24-28-32-36-40-44-48-52-56-67-61(66)55-51-47-43-39-35-31-27-20-18-16-14-12-10-8-6-4-2/h14,16,20,23,26-27,58-59,63-64H,3-13,15,17-19,21-22,24-25,28-57H2,1-2H3,(H,62,65)/b16-14-,26-23-,27-20-. The first-order valence-corrected chi connectivity index (χ1v) is 29.7. The van der Waals surface area contributed by atoms with E-state index >= 15 is 0 Å². The van der Waals surface area contributed by atoms with Crippen LogP contribution < -0.4 is 5.32 Å². The molecule has 0 aliphatic heterocycles. The predicted octanol–water partition coefficient (Wildman–Crippen LogP) is 18.4. The Bertz CT molecular complexity index is 1090. The first-order valence-electron chi connectivity index (χ1n) is 29.7. The molecular formula is C61H115NO5. The van der Waals surface area contributed by atoms with E-state index in [1.54, 1.807) is 0 Å². The van der Waals surface area contributed by atoms with Gasteiger partial charge in [-0.15, -0.1) is 0 Å². The van der Waals surface area contributed by atoms with Crippen LogP contribution in [0, 0.1) is 0 Å². The zero-order valence-electron chi connectivity index (χ0n) is 44.9. The van der Waals surface area contributed by atoms with E-state index in [1.807, 2.05) is 0 Å². The fraction of sp³-hybridized carbons (Fsp3) is 0.869. The van der Waals surface area contributed by atoms with E-state index in [-0.39, 0.29) is 18.5 Å². The predicted molar refractivity (Wildman–Crippen MR) is 292 cm³/mol. The highest BCUT2D eigenvalue weighted by molar-refractivity contribution is 5.76. The van der Waals surface area contributed by atoms with Gasteiger partial charge in [-0.2, -0.15) is 0 Å². The van der Waals surface area contributed by atoms with Crippen molar-refractivity contribution >= 4 is 11.9 Å². The molecule has 0 heterocycles. The third-order valence-electron chi connectivity index (χ3n) is 13.7. The highest BCUT2D eigenvalue weighted by atomic mass is 16.5. The van der Waals surface area contributed by atoms with Crippen LogP contribution in [0.3, 0.4) is 0 Å². The van der Waals surface area contributed by atoms with E-state index < -0.39 is 12.1 Å². The maximum Gasteiger partial charge on any atom is 0.305 e. The monoisotopic (exact) mass is 942 g/mol. The minimum absolute atomic E-state index is 0.0104. The second kappa shape index (κ2) is 56.7. The topological polar surface area (TPSA) is 95.9 Å². The Morgan fingerprint density at radius 1 is 0.418 bits per heavy atom. The molecule has 0 saturated heterocycles. The number of rotatable bonds is 55. The first-order chi connectivity index (χ1) is 33.0. The Labute approximate surface area is 417 Å². The molecule has 0 radical (unpaired) electrons. The van der Waals surface area contributed by atoms with Gasteiger partial charge >= 0.3 is 5.97 Å². The molecule has 2 atom stereocenters. The molecular weight excluding hydrogens is 827 g/mol. The van der Waals surface area contributed by atoms with E-state index in [2.05, 4.69) is 55.6 Å². The summed E-state index contributed by atoms with van der Waals surface area (Å²) in [6.45, 7) is 4.92. The largest absolute Gasteiger partial charge is 0.466 e. The van der Waals surface area contributed by atoms with Crippen molar-refractivity contribution in [3.63, 3.8) is 0 Å². The Kier molecular flexibility index (Phi) is 55.0. The van der Waals surface area contributed by atoms with Crippen LogP contribution in [0.15, 0.2) is 36.5 Å². The normalized spacial score (nSPS) is 12.8. The summed E-state index contributed by atoms with van der Waals surface area (Å²) in [5, 5.41) is 23.3. The molecule has 0 aliphatic carbocycles. The fourth-order valence-corrected chi connectivity index (χ4v) is 9.08. The van der Waals surface area contributed by atoms with Crippen LogP contribution in [0.5, 0.6) is 0 Å². The van der Waals surface area contributed by atoms with E-state index in [1.165, 1.54) is 212 Å². The third-order valence-corrected chi connectivity index (χ3v) is 13.7. The van der Waals surface area contributed by atoms with Crippen LogP contribution in [0.2, 0.25) is 0 Å². The molecule has 6 nitrogen and oxygen atoms in total. The molecule has 0 fully saturated rings. The average Bonchev–Trinajstić information content (AvgIpc) is 3.33. The van der Waals surface area contributed by atoms with Crippen LogP contribution in [0.1, 0.15) is 316 Å². The Morgan fingerprint density at radius 3 is 1.16 bits per heavy atom. The maximum absolute atomic E-state index is 12.5. The van der Waals surface area contributed by atoms with Gasteiger partial charge in [0, 0.05) is 12.8 Å². The van der Waals surface area contributed by atoms with Crippen molar-refractivity contribution in [3.8, 4) is 0 Å². The van der Waals surface area contributed by atoms with Crippen LogP contribution in [0.25, 0.3) is 0 Å². The van der Waals surface area contributed by atoms with Gasteiger partial charge in [-0.1, -0.05) is 256 Å². The molecule has 67 heavy (non-hydrogen) atoms. The second-order valence-electron chi connectivity index (χ2n) is 20.3. The van der Waals surface area contributed by atoms with Gasteiger partial charge in [-0.3, -0.25) is 9.59 Å². The van der Waals surface area contributed by atoms with Gasteiger partial charge in [-0.05, 0) is 83.5 Å². The number of hydrogen-bond donors (Lipinski definition) is 3. The molecule has 1 amide bonds. The fourth-order valence-electron chi connectivity index (χ4n) is 9.08. The third kappa shape index (κ3) is 53.3. The highest BCUT2D eigenvalue weighted by Gasteiger charge is 2.20. The molecule has 0 spiro atoms. The summed E-state index contributed by atoms with van der Waals surface area (Å²) >= 11 is 0. The summed E-state index contributed by atoms with van der Waals surface area (Å²) in [5.41, 5.74) is 0. The van der Waals surface area contributed by atoms with Crippen molar-refractivity contribution in [1.82, 2.24) is 5.32 Å². The molecule has 0 aromatic heterocycles. The molecule has 6 heteroatoms. The van der Waals surface area contributed by atoms with Crippen LogP contribution in [-0.2, 0) is 14.3 Å². The lowest BCUT2D eigenvalue weighted by atomic mass is 10.0. The second-order valence-corrected chi connectivity index (χ2v) is 20.3. The van der Waals surface area contributed by atoms with Gasteiger partial charge < -0.3 is 20.3 Å².